The first-order valence-electron chi connectivity index (χ1n) is 11.1. The first-order valence-corrected chi connectivity index (χ1v) is 11.1. The number of anilines is 1. The largest absolute Gasteiger partial charge is 0.505 e. The summed E-state index contributed by atoms with van der Waals surface area (Å²) in [6.07, 6.45) is 0.888. The van der Waals surface area contributed by atoms with Gasteiger partial charge in [-0.15, -0.1) is 0 Å². The van der Waals surface area contributed by atoms with Gasteiger partial charge in [0.25, 0.3) is 5.91 Å². The molecule has 2 amide bonds. The summed E-state index contributed by atoms with van der Waals surface area (Å²) in [5, 5.41) is 22.7. The average Bonchev–Trinajstić information content (AvgIpc) is 2.86. The predicted octanol–water partition coefficient (Wildman–Crippen LogP) is 5.22. The van der Waals surface area contributed by atoms with E-state index in [0.29, 0.717) is 24.1 Å². The summed E-state index contributed by atoms with van der Waals surface area (Å²) in [5.74, 6) is -2.07. The number of benzene rings is 3. The second-order valence-corrected chi connectivity index (χ2v) is 7.64. The molecular formula is C26H27FN2O6. The fourth-order valence-corrected chi connectivity index (χ4v) is 3.67. The average molecular weight is 483 g/mol. The van der Waals surface area contributed by atoms with Crippen molar-refractivity contribution in [2.45, 2.75) is 32.0 Å². The van der Waals surface area contributed by atoms with Crippen LogP contribution in [0.15, 0.2) is 72.8 Å². The van der Waals surface area contributed by atoms with E-state index in [9.17, 15) is 19.1 Å². The van der Waals surface area contributed by atoms with Crippen molar-refractivity contribution in [2.75, 3.05) is 11.9 Å². The van der Waals surface area contributed by atoms with E-state index in [0.717, 1.165) is 22.9 Å². The van der Waals surface area contributed by atoms with Crippen molar-refractivity contribution in [3.63, 3.8) is 0 Å². The van der Waals surface area contributed by atoms with Crippen molar-refractivity contribution in [1.82, 2.24) is 5.48 Å². The quantitative estimate of drug-likeness (QED) is 0.179. The molecule has 0 saturated carbocycles. The minimum atomic E-state index is -1.01. The van der Waals surface area contributed by atoms with Gasteiger partial charge in [-0.25, -0.2) is 14.7 Å². The number of hydroxylamine groups is 1. The van der Waals surface area contributed by atoms with Gasteiger partial charge in [0, 0.05) is 18.1 Å². The highest BCUT2D eigenvalue weighted by Gasteiger charge is 2.28. The van der Waals surface area contributed by atoms with Crippen molar-refractivity contribution in [2.24, 2.45) is 0 Å². The molecule has 3 aromatic rings. The highest BCUT2D eigenvalue weighted by Crippen LogP contribution is 2.31. The molecule has 0 unspecified atom stereocenters. The number of halogens is 1. The third-order valence-electron chi connectivity index (χ3n) is 5.28. The lowest BCUT2D eigenvalue weighted by Gasteiger charge is -2.27. The molecule has 0 aliphatic rings. The van der Waals surface area contributed by atoms with Gasteiger partial charge < -0.3 is 14.6 Å². The maximum Gasteiger partial charge on any atom is 0.412 e. The number of carbonyl (C=O) groups is 2. The number of nitrogens with one attached hydrogen (secondary N) is 2. The Bertz CT molecular complexity index is 1190. The molecule has 0 fully saturated rings. The molecule has 0 bridgehead atoms. The normalized spacial score (nSPS) is 12.9. The molecule has 35 heavy (non-hydrogen) atoms. The summed E-state index contributed by atoms with van der Waals surface area (Å²) in [6.45, 7) is 2.06. The molecule has 0 aromatic heterocycles. The van der Waals surface area contributed by atoms with E-state index < -0.39 is 35.8 Å². The molecule has 4 N–H and O–H groups in total. The molecule has 2 atom stereocenters. The van der Waals surface area contributed by atoms with Crippen molar-refractivity contribution < 1.29 is 33.8 Å². The van der Waals surface area contributed by atoms with Gasteiger partial charge >= 0.3 is 6.09 Å². The lowest BCUT2D eigenvalue weighted by atomic mass is 9.99. The van der Waals surface area contributed by atoms with Gasteiger partial charge in [0.05, 0.1) is 11.8 Å². The number of fused-ring (bicyclic) bond motifs is 1. The third kappa shape index (κ3) is 7.02. The molecular weight excluding hydrogens is 455 g/mol. The Balaban J connectivity index is 1.84. The number of hydrogen-bond donors (Lipinski definition) is 4. The Morgan fingerprint density at radius 2 is 1.89 bits per heavy atom. The molecule has 0 heterocycles. The number of carbonyl (C=O) groups excluding carboxylic acids is 2. The second kappa shape index (κ2) is 12.5. The summed E-state index contributed by atoms with van der Waals surface area (Å²) < 4.78 is 25.7. The van der Waals surface area contributed by atoms with E-state index in [1.165, 1.54) is 23.7 Å². The Morgan fingerprint density at radius 1 is 1.11 bits per heavy atom. The van der Waals surface area contributed by atoms with Crippen LogP contribution in [0.3, 0.4) is 0 Å². The van der Waals surface area contributed by atoms with E-state index in [-0.39, 0.29) is 6.61 Å². The summed E-state index contributed by atoms with van der Waals surface area (Å²) in [7, 11) is 0. The zero-order valence-corrected chi connectivity index (χ0v) is 19.1. The molecule has 3 rings (SSSR count). The molecule has 3 aromatic carbocycles. The molecule has 0 saturated heterocycles. The Labute approximate surface area is 201 Å². The van der Waals surface area contributed by atoms with Crippen molar-refractivity contribution >= 4 is 28.5 Å². The third-order valence-corrected chi connectivity index (χ3v) is 5.28. The monoisotopic (exact) mass is 482 g/mol. The summed E-state index contributed by atoms with van der Waals surface area (Å²) in [5.41, 5.74) is 2.35. The zero-order chi connectivity index (χ0) is 25.2. The number of phenolic OH excluding ortho intramolecular Hbond substituents is 1. The van der Waals surface area contributed by atoms with Crippen molar-refractivity contribution in [1.29, 1.82) is 0 Å². The standard InChI is InChI=1S/C26H27FN2O6/c1-2-34-23(12-5-6-13-24(31)29-33)25(18-14-15-22(30)20(27)16-18)35-26(32)28-21-11-7-9-17-8-3-4-10-19(17)21/h3-4,6-11,13-16,23,25,30,33H,2,5,12H2,1H3,(H,28,32)(H,29,31)/b13-6+/t23-,25-/m1/s1. The first kappa shape index (κ1) is 25.7. The maximum absolute atomic E-state index is 14.2. The SMILES string of the molecule is CCO[C@H](CC/C=C/C(=O)NO)[C@H](OC(=O)Nc1cccc2ccccc12)c1ccc(O)c(F)c1. The Kier molecular flexibility index (Phi) is 9.16. The van der Waals surface area contributed by atoms with E-state index in [1.54, 1.807) is 13.0 Å². The number of phenols is 1. The topological polar surface area (TPSA) is 117 Å². The van der Waals surface area contributed by atoms with Crippen LogP contribution < -0.4 is 10.8 Å². The van der Waals surface area contributed by atoms with Gasteiger partial charge in [-0.2, -0.15) is 0 Å². The predicted molar refractivity (Wildman–Crippen MR) is 129 cm³/mol. The minimum Gasteiger partial charge on any atom is -0.505 e. The van der Waals surface area contributed by atoms with Crippen LogP contribution in [0.2, 0.25) is 0 Å². The van der Waals surface area contributed by atoms with Crippen molar-refractivity contribution in [3.8, 4) is 5.75 Å². The second-order valence-electron chi connectivity index (χ2n) is 7.64. The molecule has 0 aliphatic heterocycles. The molecule has 0 aliphatic carbocycles. The van der Waals surface area contributed by atoms with Crippen LogP contribution >= 0.6 is 0 Å². The summed E-state index contributed by atoms with van der Waals surface area (Å²) in [6, 6.07) is 16.7. The lowest BCUT2D eigenvalue weighted by molar-refractivity contribution is -0.124. The highest BCUT2D eigenvalue weighted by molar-refractivity contribution is 6.00. The molecule has 8 nitrogen and oxygen atoms in total. The highest BCUT2D eigenvalue weighted by atomic mass is 19.1. The number of rotatable bonds is 10. The van der Waals surface area contributed by atoms with Crippen LogP contribution in [0, 0.1) is 5.82 Å². The van der Waals surface area contributed by atoms with E-state index in [2.05, 4.69) is 5.32 Å². The van der Waals surface area contributed by atoms with Gasteiger partial charge in [-0.05, 0) is 48.9 Å². The molecule has 0 spiro atoms. The first-order chi connectivity index (χ1) is 16.9. The van der Waals surface area contributed by atoms with E-state index >= 15 is 0 Å². The van der Waals surface area contributed by atoms with Gasteiger partial charge in [0.2, 0.25) is 0 Å². The summed E-state index contributed by atoms with van der Waals surface area (Å²) >= 11 is 0. The van der Waals surface area contributed by atoms with Gasteiger partial charge in [-0.1, -0.05) is 48.5 Å². The maximum atomic E-state index is 14.2. The van der Waals surface area contributed by atoms with E-state index in [1.807, 2.05) is 36.4 Å². The van der Waals surface area contributed by atoms with Gasteiger partial charge in [0.1, 0.15) is 0 Å². The number of amides is 2. The van der Waals surface area contributed by atoms with E-state index in [4.69, 9.17) is 14.7 Å². The van der Waals surface area contributed by atoms with Crippen LogP contribution in [-0.2, 0) is 14.3 Å². The van der Waals surface area contributed by atoms with Gasteiger partial charge in [0.15, 0.2) is 17.7 Å². The smallest absolute Gasteiger partial charge is 0.412 e. The fourth-order valence-electron chi connectivity index (χ4n) is 3.67. The zero-order valence-electron chi connectivity index (χ0n) is 19.1. The molecule has 0 radical (unpaired) electrons. The number of hydrogen-bond acceptors (Lipinski definition) is 6. The number of ether oxygens (including phenoxy) is 2. The van der Waals surface area contributed by atoms with Gasteiger partial charge in [-0.3, -0.25) is 15.3 Å². The van der Waals surface area contributed by atoms with Crippen LogP contribution in [0.5, 0.6) is 5.75 Å². The summed E-state index contributed by atoms with van der Waals surface area (Å²) in [4.78, 5) is 24.1. The number of aromatic hydroxyl groups is 1. The van der Waals surface area contributed by atoms with Crippen LogP contribution in [0.1, 0.15) is 31.4 Å². The lowest BCUT2D eigenvalue weighted by Crippen LogP contribution is -2.29. The van der Waals surface area contributed by atoms with Crippen molar-refractivity contribution in [3.05, 3.63) is 84.2 Å². The minimum absolute atomic E-state index is 0.289. The van der Waals surface area contributed by atoms with Crippen LogP contribution in [0.25, 0.3) is 10.8 Å². The number of allylic oxidation sites excluding steroid dienone is 1. The molecule has 184 valence electrons. The molecule has 9 heteroatoms. The van der Waals surface area contributed by atoms with Crippen LogP contribution in [0.4, 0.5) is 14.9 Å². The fraction of sp³-hybridized carbons (Fsp3) is 0.231. The Hall–Kier alpha value is -3.95. The van der Waals surface area contributed by atoms with Crippen LogP contribution in [-0.4, -0.2) is 35.0 Å². The Morgan fingerprint density at radius 3 is 2.63 bits per heavy atom.